The normalized spacial score (nSPS) is 28.4. The average Bonchev–Trinajstić information content (AvgIpc) is 2.63. The molecule has 1 aromatic carbocycles. The van der Waals surface area contributed by atoms with E-state index in [2.05, 4.69) is 0 Å². The molecular formula is C13H15F2NO. The Labute approximate surface area is 98.8 Å². The van der Waals surface area contributed by atoms with Crippen molar-refractivity contribution in [2.24, 2.45) is 11.1 Å². The summed E-state index contributed by atoms with van der Waals surface area (Å²) >= 11 is 0. The predicted molar refractivity (Wildman–Crippen MR) is 60.6 cm³/mol. The number of halogens is 2. The summed E-state index contributed by atoms with van der Waals surface area (Å²) in [4.78, 5) is 12.3. The fourth-order valence-electron chi connectivity index (χ4n) is 2.45. The first-order chi connectivity index (χ1) is 7.95. The fraction of sp³-hybridized carbons (Fsp3) is 0.462. The molecule has 0 bridgehead atoms. The largest absolute Gasteiger partial charge is 0.327 e. The van der Waals surface area contributed by atoms with Gasteiger partial charge in [-0.1, -0.05) is 13.3 Å². The summed E-state index contributed by atoms with van der Waals surface area (Å²) in [5.74, 6) is -1.68. The number of nitrogens with two attached hydrogens (primary N) is 1. The van der Waals surface area contributed by atoms with Crippen LogP contribution in [0, 0.1) is 17.0 Å². The predicted octanol–water partition coefficient (Wildman–Crippen LogP) is 2.67. The first-order valence-electron chi connectivity index (χ1n) is 5.70. The van der Waals surface area contributed by atoms with Gasteiger partial charge in [0.2, 0.25) is 0 Å². The first-order valence-corrected chi connectivity index (χ1v) is 5.70. The summed E-state index contributed by atoms with van der Waals surface area (Å²) < 4.78 is 26.6. The number of benzene rings is 1. The number of Topliss-reactive ketones (excluding diaryl/α,β-unsaturated/α-hetero) is 1. The molecule has 2 unspecified atom stereocenters. The zero-order valence-corrected chi connectivity index (χ0v) is 9.67. The third kappa shape index (κ3) is 1.97. The van der Waals surface area contributed by atoms with E-state index in [1.807, 2.05) is 0 Å². The van der Waals surface area contributed by atoms with Gasteiger partial charge >= 0.3 is 0 Å². The summed E-state index contributed by atoms with van der Waals surface area (Å²) in [6, 6.07) is 2.65. The van der Waals surface area contributed by atoms with Crippen molar-refractivity contribution in [2.75, 3.05) is 0 Å². The van der Waals surface area contributed by atoms with Gasteiger partial charge in [-0.2, -0.15) is 0 Å². The van der Waals surface area contributed by atoms with Crippen molar-refractivity contribution >= 4 is 5.78 Å². The Kier molecular flexibility index (Phi) is 3.00. The molecule has 4 heteroatoms. The van der Waals surface area contributed by atoms with E-state index in [1.54, 1.807) is 6.92 Å². The van der Waals surface area contributed by atoms with Gasteiger partial charge in [0, 0.05) is 11.5 Å². The number of ketones is 1. The van der Waals surface area contributed by atoms with E-state index in [4.69, 9.17) is 5.73 Å². The van der Waals surface area contributed by atoms with Gasteiger partial charge in [-0.25, -0.2) is 8.78 Å². The van der Waals surface area contributed by atoms with Crippen molar-refractivity contribution in [3.05, 3.63) is 35.4 Å². The van der Waals surface area contributed by atoms with Crippen molar-refractivity contribution in [3.63, 3.8) is 0 Å². The minimum absolute atomic E-state index is 0.190. The summed E-state index contributed by atoms with van der Waals surface area (Å²) in [5.41, 5.74) is 4.94. The Bertz CT molecular complexity index is 461. The molecule has 0 saturated heterocycles. The van der Waals surface area contributed by atoms with Crippen molar-refractivity contribution < 1.29 is 13.6 Å². The second-order valence-corrected chi connectivity index (χ2v) is 4.87. The average molecular weight is 239 g/mol. The third-order valence-electron chi connectivity index (χ3n) is 3.72. The van der Waals surface area contributed by atoms with E-state index in [9.17, 15) is 13.6 Å². The van der Waals surface area contributed by atoms with Gasteiger partial charge in [-0.3, -0.25) is 4.79 Å². The van der Waals surface area contributed by atoms with Crippen LogP contribution in [0.4, 0.5) is 8.78 Å². The van der Waals surface area contributed by atoms with Gasteiger partial charge in [0.05, 0.1) is 5.56 Å². The topological polar surface area (TPSA) is 43.1 Å². The molecule has 2 N–H and O–H groups in total. The van der Waals surface area contributed by atoms with Crippen molar-refractivity contribution in [1.82, 2.24) is 0 Å². The van der Waals surface area contributed by atoms with Crippen LogP contribution in [0.25, 0.3) is 0 Å². The molecule has 2 atom stereocenters. The maximum atomic E-state index is 13.5. The van der Waals surface area contributed by atoms with Crippen LogP contribution < -0.4 is 5.73 Å². The molecule has 1 aliphatic carbocycles. The summed E-state index contributed by atoms with van der Waals surface area (Å²) in [6.45, 7) is 1.73. The maximum absolute atomic E-state index is 13.5. The molecule has 0 aromatic heterocycles. The minimum atomic E-state index is -0.769. The number of hydrogen-bond acceptors (Lipinski definition) is 2. The Morgan fingerprint density at radius 1 is 1.47 bits per heavy atom. The number of rotatable bonds is 2. The number of hydrogen-bond donors (Lipinski definition) is 1. The summed E-state index contributed by atoms with van der Waals surface area (Å²) in [5, 5.41) is 0. The molecule has 1 saturated carbocycles. The van der Waals surface area contributed by atoms with E-state index in [1.165, 1.54) is 0 Å². The number of carbonyl (C=O) groups excluding carboxylic acids is 1. The zero-order chi connectivity index (χ0) is 12.6. The monoisotopic (exact) mass is 239 g/mol. The standard InChI is InChI=1S/C13H15F2NO/c1-13(6-2-3-11(13)16)12(17)9-7-8(14)4-5-10(9)15/h4-5,7,11H,2-3,6,16H2,1H3. The van der Waals surface area contributed by atoms with Crippen molar-refractivity contribution in [1.29, 1.82) is 0 Å². The van der Waals surface area contributed by atoms with Crippen molar-refractivity contribution in [3.8, 4) is 0 Å². The molecule has 2 nitrogen and oxygen atoms in total. The SMILES string of the molecule is CC1(C(=O)c2cc(F)ccc2F)CCCC1N. The molecule has 0 aliphatic heterocycles. The molecule has 92 valence electrons. The molecular weight excluding hydrogens is 224 g/mol. The highest BCUT2D eigenvalue weighted by molar-refractivity contribution is 6.01. The van der Waals surface area contributed by atoms with Gasteiger partial charge in [-0.15, -0.1) is 0 Å². The Hall–Kier alpha value is -1.29. The van der Waals surface area contributed by atoms with Crippen LogP contribution in [0.1, 0.15) is 36.5 Å². The van der Waals surface area contributed by atoms with E-state index in [-0.39, 0.29) is 17.4 Å². The third-order valence-corrected chi connectivity index (χ3v) is 3.72. The Morgan fingerprint density at radius 3 is 2.76 bits per heavy atom. The lowest BCUT2D eigenvalue weighted by molar-refractivity contribution is 0.0797. The molecule has 0 amide bonds. The smallest absolute Gasteiger partial charge is 0.173 e. The highest BCUT2D eigenvalue weighted by Crippen LogP contribution is 2.39. The van der Waals surface area contributed by atoms with Crippen LogP contribution >= 0.6 is 0 Å². The second-order valence-electron chi connectivity index (χ2n) is 4.87. The summed E-state index contributed by atoms with van der Waals surface area (Å²) in [7, 11) is 0. The molecule has 0 spiro atoms. The molecule has 0 heterocycles. The first kappa shape index (κ1) is 12.2. The molecule has 1 aliphatic rings. The van der Waals surface area contributed by atoms with Crippen LogP contribution in [-0.4, -0.2) is 11.8 Å². The lowest BCUT2D eigenvalue weighted by atomic mass is 9.78. The Balaban J connectivity index is 2.40. The maximum Gasteiger partial charge on any atom is 0.173 e. The fourth-order valence-corrected chi connectivity index (χ4v) is 2.45. The van der Waals surface area contributed by atoms with E-state index in [0.717, 1.165) is 31.0 Å². The quantitative estimate of drug-likeness (QED) is 0.806. The molecule has 0 radical (unpaired) electrons. The molecule has 1 aromatic rings. The van der Waals surface area contributed by atoms with Crippen molar-refractivity contribution in [2.45, 2.75) is 32.2 Å². The van der Waals surface area contributed by atoms with Crippen LogP contribution in [0.3, 0.4) is 0 Å². The number of carbonyl (C=O) groups is 1. The van der Waals surface area contributed by atoms with Gasteiger partial charge in [0.1, 0.15) is 11.6 Å². The zero-order valence-electron chi connectivity index (χ0n) is 9.67. The van der Waals surface area contributed by atoms with E-state index >= 15 is 0 Å². The van der Waals surface area contributed by atoms with Crippen LogP contribution in [0.2, 0.25) is 0 Å². The van der Waals surface area contributed by atoms with Gasteiger partial charge in [0.15, 0.2) is 5.78 Å². The lowest BCUT2D eigenvalue weighted by Gasteiger charge is -2.27. The minimum Gasteiger partial charge on any atom is -0.327 e. The molecule has 1 fully saturated rings. The van der Waals surface area contributed by atoms with E-state index in [0.29, 0.717) is 6.42 Å². The Morgan fingerprint density at radius 2 is 2.18 bits per heavy atom. The molecule has 17 heavy (non-hydrogen) atoms. The van der Waals surface area contributed by atoms with Crippen LogP contribution in [0.15, 0.2) is 18.2 Å². The van der Waals surface area contributed by atoms with Gasteiger partial charge < -0.3 is 5.73 Å². The second kappa shape index (κ2) is 4.18. The summed E-state index contributed by atoms with van der Waals surface area (Å²) in [6.07, 6.45) is 2.22. The van der Waals surface area contributed by atoms with E-state index < -0.39 is 17.0 Å². The highest BCUT2D eigenvalue weighted by Gasteiger charge is 2.43. The molecule has 2 rings (SSSR count). The van der Waals surface area contributed by atoms with Crippen LogP contribution in [0.5, 0.6) is 0 Å². The highest BCUT2D eigenvalue weighted by atomic mass is 19.1. The van der Waals surface area contributed by atoms with Crippen LogP contribution in [-0.2, 0) is 0 Å². The lowest BCUT2D eigenvalue weighted by Crippen LogP contribution is -2.41. The van der Waals surface area contributed by atoms with Gasteiger partial charge in [-0.05, 0) is 31.0 Å². The van der Waals surface area contributed by atoms with Gasteiger partial charge in [0.25, 0.3) is 0 Å².